The summed E-state index contributed by atoms with van der Waals surface area (Å²) < 4.78 is 2.20. The van der Waals surface area contributed by atoms with Crippen LogP contribution in [0.2, 0.25) is 0 Å². The number of nitrogens with zero attached hydrogens (tertiary/aromatic N) is 3. The summed E-state index contributed by atoms with van der Waals surface area (Å²) in [5, 5.41) is 2.34. The highest BCUT2D eigenvalue weighted by Crippen LogP contribution is 2.36. The van der Waals surface area contributed by atoms with E-state index in [2.05, 4.69) is 151 Å². The topological polar surface area (TPSA) is 29.6 Å². The Balaban J connectivity index is 1.25. The highest BCUT2D eigenvalue weighted by Gasteiger charge is 2.15. The molecule has 0 aliphatic heterocycles. The van der Waals surface area contributed by atoms with Crippen molar-refractivity contribution in [3.05, 3.63) is 200 Å². The lowest BCUT2D eigenvalue weighted by atomic mass is 9.98. The minimum absolute atomic E-state index is 0.587. The number of rotatable bonds is 7. The van der Waals surface area contributed by atoms with Gasteiger partial charge in [-0.15, -0.1) is 0 Å². The van der Waals surface area contributed by atoms with Gasteiger partial charge in [0.1, 0.15) is 6.34 Å². The van der Waals surface area contributed by atoms with E-state index >= 15 is 0 Å². The molecule has 0 atom stereocenters. The minimum Gasteiger partial charge on any atom is -0.299 e. The number of fused-ring (bicyclic) bond motifs is 3. The lowest BCUT2D eigenvalue weighted by Gasteiger charge is -2.10. The number of aliphatic imine (C=N–C) groups is 2. The molecule has 232 valence electrons. The third kappa shape index (κ3) is 6.02. The number of benzene rings is 7. The first-order chi connectivity index (χ1) is 24.2. The molecule has 7 aromatic carbocycles. The molecule has 0 spiro atoms. The minimum atomic E-state index is 0.587. The Kier molecular flexibility index (Phi) is 8.07. The lowest BCUT2D eigenvalue weighted by molar-refractivity contribution is 1.31. The summed E-state index contributed by atoms with van der Waals surface area (Å²) in [7, 11) is 0. The van der Waals surface area contributed by atoms with Crippen molar-refractivity contribution >= 4 is 39.7 Å². The predicted octanol–water partition coefficient (Wildman–Crippen LogP) is 11.8. The largest absolute Gasteiger partial charge is 0.299 e. The standard InChI is InChI=1S/C46H33N3/c1-33(34-14-5-2-6-15-34)48-46(40-30-26-38(27-31-40)36-18-9-4-10-19-36)47-32-49-44-23-12-11-20-42(44)43-22-13-21-41(45(43)49)39-28-24-37(25-29-39)35-16-7-3-8-17-35/h2-32H,1H2/b47-32+,48-46-. The monoisotopic (exact) mass is 627 g/mol. The van der Waals surface area contributed by atoms with Gasteiger partial charge in [0.15, 0.2) is 5.84 Å². The van der Waals surface area contributed by atoms with Crippen LogP contribution < -0.4 is 0 Å². The van der Waals surface area contributed by atoms with Gasteiger partial charge in [-0.25, -0.2) is 9.98 Å². The van der Waals surface area contributed by atoms with Crippen molar-refractivity contribution < 1.29 is 0 Å². The molecule has 0 N–H and O–H groups in total. The van der Waals surface area contributed by atoms with Crippen molar-refractivity contribution in [2.24, 2.45) is 9.98 Å². The van der Waals surface area contributed by atoms with Crippen LogP contribution in [-0.2, 0) is 0 Å². The normalized spacial score (nSPS) is 11.8. The Morgan fingerprint density at radius 3 is 1.61 bits per heavy atom. The molecule has 3 heteroatoms. The Labute approximate surface area is 286 Å². The van der Waals surface area contributed by atoms with Crippen LogP contribution in [0.4, 0.5) is 0 Å². The third-order valence-corrected chi connectivity index (χ3v) is 8.93. The van der Waals surface area contributed by atoms with Gasteiger partial charge in [-0.2, -0.15) is 0 Å². The maximum atomic E-state index is 5.12. The molecule has 3 nitrogen and oxygen atoms in total. The molecule has 8 aromatic rings. The van der Waals surface area contributed by atoms with E-state index in [0.29, 0.717) is 11.5 Å². The quantitative estimate of drug-likeness (QED) is 0.124. The van der Waals surface area contributed by atoms with E-state index in [1.54, 1.807) is 0 Å². The molecule has 49 heavy (non-hydrogen) atoms. The summed E-state index contributed by atoms with van der Waals surface area (Å²) in [4.78, 5) is 10.1. The Hall–Kier alpha value is -6.58. The lowest BCUT2D eigenvalue weighted by Crippen LogP contribution is -2.03. The molecule has 1 heterocycles. The van der Waals surface area contributed by atoms with E-state index in [1.807, 2.05) is 48.8 Å². The maximum absolute atomic E-state index is 5.12. The van der Waals surface area contributed by atoms with Crippen molar-refractivity contribution in [1.82, 2.24) is 4.57 Å². The molecule has 0 radical (unpaired) electrons. The fourth-order valence-corrected chi connectivity index (χ4v) is 6.42. The molecule has 8 rings (SSSR count). The van der Waals surface area contributed by atoms with Crippen LogP contribution in [0.3, 0.4) is 0 Å². The fraction of sp³-hybridized carbons (Fsp3) is 0. The smallest absolute Gasteiger partial charge is 0.161 e. The molecule has 1 aromatic heterocycles. The predicted molar refractivity (Wildman–Crippen MR) is 208 cm³/mol. The SMILES string of the molecule is C=C(/N=C(\N=C\n1c2ccccc2c2cccc(-c3ccc(-c4ccccc4)cc3)c21)c1ccc(-c2ccccc2)cc1)c1ccccc1. The second-order valence-electron chi connectivity index (χ2n) is 12.0. The van der Waals surface area contributed by atoms with Gasteiger partial charge in [-0.05, 0) is 39.4 Å². The highest BCUT2D eigenvalue weighted by atomic mass is 15.1. The van der Waals surface area contributed by atoms with Gasteiger partial charge in [-0.3, -0.25) is 4.57 Å². The Bertz CT molecular complexity index is 2450. The van der Waals surface area contributed by atoms with Crippen molar-refractivity contribution in [1.29, 1.82) is 0 Å². The van der Waals surface area contributed by atoms with Crippen molar-refractivity contribution in [2.45, 2.75) is 0 Å². The molecule has 0 aliphatic rings. The van der Waals surface area contributed by atoms with E-state index in [4.69, 9.17) is 9.98 Å². The van der Waals surface area contributed by atoms with Gasteiger partial charge >= 0.3 is 0 Å². The second-order valence-corrected chi connectivity index (χ2v) is 12.0. The van der Waals surface area contributed by atoms with Crippen molar-refractivity contribution in [3.8, 4) is 33.4 Å². The molecule has 0 aliphatic carbocycles. The van der Waals surface area contributed by atoms with Crippen LogP contribution in [0.15, 0.2) is 199 Å². The van der Waals surface area contributed by atoms with Crippen LogP contribution >= 0.6 is 0 Å². The molecule has 0 unspecified atom stereocenters. The number of aromatic nitrogens is 1. The molecular formula is C46H33N3. The first kappa shape index (κ1) is 29.8. The van der Waals surface area contributed by atoms with Crippen LogP contribution in [-0.4, -0.2) is 16.7 Å². The number of amidine groups is 1. The van der Waals surface area contributed by atoms with Crippen LogP contribution in [0, 0.1) is 0 Å². The zero-order valence-electron chi connectivity index (χ0n) is 26.9. The van der Waals surface area contributed by atoms with E-state index in [0.717, 1.165) is 38.9 Å². The van der Waals surface area contributed by atoms with Gasteiger partial charge in [0.2, 0.25) is 0 Å². The first-order valence-corrected chi connectivity index (χ1v) is 16.4. The second kappa shape index (κ2) is 13.3. The van der Waals surface area contributed by atoms with Gasteiger partial charge in [0.05, 0.1) is 16.7 Å². The molecular weight excluding hydrogens is 595 g/mol. The summed E-state index contributed by atoms with van der Waals surface area (Å²) in [5.41, 5.74) is 11.7. The van der Waals surface area contributed by atoms with E-state index in [1.165, 1.54) is 27.5 Å². The van der Waals surface area contributed by atoms with Crippen LogP contribution in [0.25, 0.3) is 60.9 Å². The zero-order valence-corrected chi connectivity index (χ0v) is 26.9. The summed E-state index contributed by atoms with van der Waals surface area (Å²) in [6.07, 6.45) is 1.91. The van der Waals surface area contributed by atoms with E-state index < -0.39 is 0 Å². The first-order valence-electron chi connectivity index (χ1n) is 16.4. The summed E-state index contributed by atoms with van der Waals surface area (Å²) in [6, 6.07) is 63.2. The number of hydrogen-bond acceptors (Lipinski definition) is 1. The van der Waals surface area contributed by atoms with Crippen LogP contribution in [0.1, 0.15) is 11.1 Å². The molecule has 0 saturated heterocycles. The van der Waals surface area contributed by atoms with Crippen LogP contribution in [0.5, 0.6) is 0 Å². The summed E-state index contributed by atoms with van der Waals surface area (Å²) in [6.45, 7) is 4.31. The molecule has 0 bridgehead atoms. The van der Waals surface area contributed by atoms with Crippen molar-refractivity contribution in [3.63, 3.8) is 0 Å². The molecule has 0 saturated carbocycles. The fourth-order valence-electron chi connectivity index (χ4n) is 6.42. The number of para-hydroxylation sites is 2. The van der Waals surface area contributed by atoms with Crippen molar-refractivity contribution in [2.75, 3.05) is 0 Å². The summed E-state index contributed by atoms with van der Waals surface area (Å²) in [5.74, 6) is 0.587. The number of hydrogen-bond donors (Lipinski definition) is 0. The maximum Gasteiger partial charge on any atom is 0.161 e. The molecule has 0 fully saturated rings. The highest BCUT2D eigenvalue weighted by molar-refractivity contribution is 6.16. The van der Waals surface area contributed by atoms with E-state index in [-0.39, 0.29) is 0 Å². The zero-order chi connectivity index (χ0) is 33.0. The van der Waals surface area contributed by atoms with E-state index in [9.17, 15) is 0 Å². The average molecular weight is 628 g/mol. The average Bonchev–Trinajstić information content (AvgIpc) is 3.51. The van der Waals surface area contributed by atoms with Gasteiger partial charge in [0, 0.05) is 21.9 Å². The summed E-state index contributed by atoms with van der Waals surface area (Å²) >= 11 is 0. The van der Waals surface area contributed by atoms with Gasteiger partial charge in [-0.1, -0.05) is 183 Å². The molecule has 0 amide bonds. The van der Waals surface area contributed by atoms with Gasteiger partial charge in [0.25, 0.3) is 0 Å². The third-order valence-electron chi connectivity index (χ3n) is 8.93. The van der Waals surface area contributed by atoms with Gasteiger partial charge < -0.3 is 0 Å². The Morgan fingerprint density at radius 2 is 0.959 bits per heavy atom. The Morgan fingerprint density at radius 1 is 0.449 bits per heavy atom.